The molecule has 1 atom stereocenters. The Morgan fingerprint density at radius 2 is 2.07 bits per heavy atom. The molecule has 0 radical (unpaired) electrons. The third-order valence-corrected chi connectivity index (χ3v) is 2.38. The van der Waals surface area contributed by atoms with Gasteiger partial charge in [-0.25, -0.2) is 0 Å². The largest absolute Gasteiger partial charge is 0.369 e. The zero-order valence-corrected chi connectivity index (χ0v) is 8.15. The summed E-state index contributed by atoms with van der Waals surface area (Å²) < 4.78 is 5.61. The number of benzene rings is 1. The van der Waals surface area contributed by atoms with Gasteiger partial charge in [-0.2, -0.15) is 0 Å². The monoisotopic (exact) mass is 186 g/mol. The van der Waals surface area contributed by atoms with Gasteiger partial charge >= 0.3 is 0 Å². The third-order valence-electron chi connectivity index (χ3n) is 2.38. The van der Waals surface area contributed by atoms with E-state index in [1.807, 2.05) is 18.2 Å². The quantitative estimate of drug-likeness (QED) is 0.645. The molecule has 0 aromatic heterocycles. The van der Waals surface area contributed by atoms with Gasteiger partial charge in [0.25, 0.3) is 0 Å². The molecular weight excluding hydrogens is 172 g/mol. The molecule has 1 aliphatic rings. The molecule has 0 N–H and O–H groups in total. The van der Waals surface area contributed by atoms with Crippen LogP contribution >= 0.6 is 0 Å². The number of rotatable bonds is 2. The summed E-state index contributed by atoms with van der Waals surface area (Å²) in [5.74, 6) is 0. The maximum Gasteiger partial charge on any atom is 0.101 e. The molecule has 0 fully saturated rings. The zero-order chi connectivity index (χ0) is 9.80. The second-order valence-corrected chi connectivity index (χ2v) is 3.40. The van der Waals surface area contributed by atoms with Gasteiger partial charge < -0.3 is 4.74 Å². The van der Waals surface area contributed by atoms with Gasteiger partial charge in [-0.1, -0.05) is 49.1 Å². The van der Waals surface area contributed by atoms with Gasteiger partial charge in [-0.15, -0.1) is 0 Å². The van der Waals surface area contributed by atoms with Crippen LogP contribution in [0.5, 0.6) is 0 Å². The molecule has 14 heavy (non-hydrogen) atoms. The van der Waals surface area contributed by atoms with Gasteiger partial charge in [0.05, 0.1) is 6.61 Å². The topological polar surface area (TPSA) is 9.23 Å². The highest BCUT2D eigenvalue weighted by atomic mass is 16.5. The second kappa shape index (κ2) is 4.25. The minimum Gasteiger partial charge on any atom is -0.369 e. The minimum absolute atomic E-state index is 0.0612. The molecule has 1 nitrogen and oxygen atoms in total. The Hall–Kier alpha value is -1.34. The van der Waals surface area contributed by atoms with E-state index in [0.717, 1.165) is 24.2 Å². The van der Waals surface area contributed by atoms with Crippen LogP contribution in [0.2, 0.25) is 0 Å². The summed E-state index contributed by atoms with van der Waals surface area (Å²) in [6.45, 7) is 4.87. The molecule has 2 rings (SSSR count). The van der Waals surface area contributed by atoms with Gasteiger partial charge in [-0.05, 0) is 17.6 Å². The van der Waals surface area contributed by atoms with Gasteiger partial charge in [0.1, 0.15) is 6.10 Å². The summed E-state index contributed by atoms with van der Waals surface area (Å²) in [6.07, 6.45) is 5.31. The summed E-state index contributed by atoms with van der Waals surface area (Å²) in [6, 6.07) is 10.2. The van der Waals surface area contributed by atoms with Gasteiger partial charge in [-0.3, -0.25) is 0 Å². The lowest BCUT2D eigenvalue weighted by Gasteiger charge is -2.20. The maximum atomic E-state index is 5.61. The van der Waals surface area contributed by atoms with E-state index < -0.39 is 0 Å². The Kier molecular flexibility index (Phi) is 2.80. The van der Waals surface area contributed by atoms with Crippen LogP contribution in [-0.2, 0) is 4.74 Å². The smallest absolute Gasteiger partial charge is 0.101 e. The first-order chi connectivity index (χ1) is 6.88. The Balaban J connectivity index is 2.16. The maximum absolute atomic E-state index is 5.61. The van der Waals surface area contributed by atoms with Crippen LogP contribution < -0.4 is 0 Å². The first-order valence-corrected chi connectivity index (χ1v) is 4.90. The highest BCUT2D eigenvalue weighted by Crippen LogP contribution is 2.21. The molecule has 1 aromatic rings. The first kappa shape index (κ1) is 9.22. The Morgan fingerprint density at radius 1 is 1.29 bits per heavy atom. The first-order valence-electron chi connectivity index (χ1n) is 4.90. The van der Waals surface area contributed by atoms with Crippen molar-refractivity contribution in [3.05, 3.63) is 54.6 Å². The Labute approximate surface area is 84.7 Å². The normalized spacial score (nSPS) is 20.7. The number of hydrogen-bond acceptors (Lipinski definition) is 1. The minimum atomic E-state index is 0.0612. The average Bonchev–Trinajstić information content (AvgIpc) is 2.30. The second-order valence-electron chi connectivity index (χ2n) is 3.40. The van der Waals surface area contributed by atoms with Crippen molar-refractivity contribution >= 4 is 5.57 Å². The number of hydrogen-bond donors (Lipinski definition) is 0. The predicted molar refractivity (Wildman–Crippen MR) is 59.0 cm³/mol. The molecule has 1 aliphatic heterocycles. The summed E-state index contributed by atoms with van der Waals surface area (Å²) in [5.41, 5.74) is 2.20. The molecule has 0 saturated heterocycles. The van der Waals surface area contributed by atoms with E-state index in [1.165, 1.54) is 0 Å². The summed E-state index contributed by atoms with van der Waals surface area (Å²) in [7, 11) is 0. The van der Waals surface area contributed by atoms with Crippen LogP contribution in [0.15, 0.2) is 49.1 Å². The van der Waals surface area contributed by atoms with E-state index in [-0.39, 0.29) is 6.10 Å². The SMILES string of the molecule is C=C(c1ccccc1)[C@H]1C=CCCO1. The molecule has 0 spiro atoms. The molecule has 0 amide bonds. The predicted octanol–water partition coefficient (Wildman–Crippen LogP) is 3.04. The fraction of sp³-hybridized carbons (Fsp3) is 0.231. The lowest BCUT2D eigenvalue weighted by atomic mass is 10.0. The van der Waals surface area contributed by atoms with Crippen LogP contribution in [0, 0.1) is 0 Å². The highest BCUT2D eigenvalue weighted by molar-refractivity contribution is 5.68. The molecule has 1 heteroatoms. The van der Waals surface area contributed by atoms with Crippen molar-refractivity contribution < 1.29 is 4.74 Å². The van der Waals surface area contributed by atoms with Crippen molar-refractivity contribution in [1.29, 1.82) is 0 Å². The van der Waals surface area contributed by atoms with Crippen molar-refractivity contribution in [3.63, 3.8) is 0 Å². The van der Waals surface area contributed by atoms with Crippen molar-refractivity contribution in [2.45, 2.75) is 12.5 Å². The van der Waals surface area contributed by atoms with E-state index in [0.29, 0.717) is 0 Å². The Bertz CT molecular complexity index is 338. The molecule has 0 bridgehead atoms. The van der Waals surface area contributed by atoms with Crippen LogP contribution in [0.4, 0.5) is 0 Å². The fourth-order valence-electron chi connectivity index (χ4n) is 1.57. The van der Waals surface area contributed by atoms with Gasteiger partial charge in [0.15, 0.2) is 0 Å². The molecule has 1 heterocycles. The molecule has 72 valence electrons. The van der Waals surface area contributed by atoms with Crippen molar-refractivity contribution in [2.24, 2.45) is 0 Å². The zero-order valence-electron chi connectivity index (χ0n) is 8.15. The molecular formula is C13H14O. The van der Waals surface area contributed by atoms with Crippen LogP contribution in [-0.4, -0.2) is 12.7 Å². The van der Waals surface area contributed by atoms with Crippen LogP contribution in [0.25, 0.3) is 5.57 Å². The van der Waals surface area contributed by atoms with E-state index >= 15 is 0 Å². The molecule has 0 unspecified atom stereocenters. The molecule has 0 saturated carbocycles. The molecule has 0 aliphatic carbocycles. The van der Waals surface area contributed by atoms with Crippen LogP contribution in [0.3, 0.4) is 0 Å². The fourth-order valence-corrected chi connectivity index (χ4v) is 1.57. The molecule has 1 aromatic carbocycles. The van der Waals surface area contributed by atoms with Crippen molar-refractivity contribution in [3.8, 4) is 0 Å². The summed E-state index contributed by atoms with van der Waals surface area (Å²) in [5, 5.41) is 0. The van der Waals surface area contributed by atoms with Gasteiger partial charge in [0, 0.05) is 0 Å². The number of ether oxygens (including phenoxy) is 1. The lowest BCUT2D eigenvalue weighted by molar-refractivity contribution is 0.116. The van der Waals surface area contributed by atoms with E-state index in [9.17, 15) is 0 Å². The van der Waals surface area contributed by atoms with Crippen molar-refractivity contribution in [2.75, 3.05) is 6.61 Å². The Morgan fingerprint density at radius 3 is 2.71 bits per heavy atom. The average molecular weight is 186 g/mol. The lowest BCUT2D eigenvalue weighted by Crippen LogP contribution is -2.15. The summed E-state index contributed by atoms with van der Waals surface area (Å²) >= 11 is 0. The van der Waals surface area contributed by atoms with E-state index in [2.05, 4.69) is 30.9 Å². The standard InChI is InChI=1S/C13H14O/c1-11(12-7-3-2-4-8-12)13-9-5-6-10-14-13/h2-5,7-9,13H,1,6,10H2/t13-/m1/s1. The van der Waals surface area contributed by atoms with Gasteiger partial charge in [0.2, 0.25) is 0 Å². The van der Waals surface area contributed by atoms with Crippen LogP contribution in [0.1, 0.15) is 12.0 Å². The summed E-state index contributed by atoms with van der Waals surface area (Å²) in [4.78, 5) is 0. The van der Waals surface area contributed by atoms with Crippen molar-refractivity contribution in [1.82, 2.24) is 0 Å². The third kappa shape index (κ3) is 1.94. The highest BCUT2D eigenvalue weighted by Gasteiger charge is 2.13. The van der Waals surface area contributed by atoms with E-state index in [4.69, 9.17) is 4.74 Å². The van der Waals surface area contributed by atoms with E-state index in [1.54, 1.807) is 0 Å².